The number of carbonyl (C=O) groups excluding carboxylic acids is 1. The molecule has 2 heterocycles. The maximum Gasteiger partial charge on any atom is 0.324 e. The lowest BCUT2D eigenvalue weighted by atomic mass is 9.96. The maximum absolute atomic E-state index is 13.1. The Morgan fingerprint density at radius 3 is 2.54 bits per heavy atom. The first kappa shape index (κ1) is 16.7. The van der Waals surface area contributed by atoms with E-state index in [1.807, 2.05) is 24.3 Å². The van der Waals surface area contributed by atoms with Crippen molar-refractivity contribution in [3.05, 3.63) is 46.8 Å². The molecule has 8 heteroatoms. The van der Waals surface area contributed by atoms with Gasteiger partial charge >= 0.3 is 5.97 Å². The van der Waals surface area contributed by atoms with Crippen molar-refractivity contribution >= 4 is 16.0 Å². The molecule has 0 amide bonds. The van der Waals surface area contributed by atoms with Crippen molar-refractivity contribution in [3.63, 3.8) is 0 Å². The predicted octanol–water partition coefficient (Wildman–Crippen LogP) is 1.58. The molecule has 0 fully saturated rings. The van der Waals surface area contributed by atoms with Gasteiger partial charge in [-0.1, -0.05) is 29.4 Å². The normalized spacial score (nSPS) is 18.2. The fourth-order valence-electron chi connectivity index (χ4n) is 3.05. The van der Waals surface area contributed by atoms with Crippen molar-refractivity contribution in [1.29, 1.82) is 0 Å². The summed E-state index contributed by atoms with van der Waals surface area (Å²) in [6, 6.07) is 6.55. The third kappa shape index (κ3) is 2.61. The van der Waals surface area contributed by atoms with Crippen LogP contribution < -0.4 is 0 Å². The third-order valence-corrected chi connectivity index (χ3v) is 6.31. The van der Waals surface area contributed by atoms with Gasteiger partial charge in [0, 0.05) is 13.0 Å². The molecule has 3 rings (SSSR count). The van der Waals surface area contributed by atoms with Crippen molar-refractivity contribution in [3.8, 4) is 0 Å². The summed E-state index contributed by atoms with van der Waals surface area (Å²) in [5.41, 5.74) is 2.08. The molecule has 2 aromatic rings. The summed E-state index contributed by atoms with van der Waals surface area (Å²) in [5.74, 6) is -0.380. The number of methoxy groups -OCH3 is 1. The highest BCUT2D eigenvalue weighted by atomic mass is 32.2. The van der Waals surface area contributed by atoms with E-state index in [0.717, 1.165) is 11.1 Å². The van der Waals surface area contributed by atoms with Gasteiger partial charge in [-0.25, -0.2) is 8.42 Å². The Bertz CT molecular complexity index is 868. The van der Waals surface area contributed by atoms with E-state index in [1.165, 1.54) is 18.3 Å². The van der Waals surface area contributed by atoms with Gasteiger partial charge in [0.1, 0.15) is 16.6 Å². The largest absolute Gasteiger partial charge is 0.468 e. The van der Waals surface area contributed by atoms with Gasteiger partial charge in [0.15, 0.2) is 5.76 Å². The molecule has 128 valence electrons. The molecule has 7 nitrogen and oxygen atoms in total. The summed E-state index contributed by atoms with van der Waals surface area (Å²) >= 11 is 0. The molecule has 0 saturated heterocycles. The van der Waals surface area contributed by atoms with Crippen molar-refractivity contribution in [2.75, 3.05) is 7.11 Å². The lowest BCUT2D eigenvalue weighted by Gasteiger charge is -2.34. The van der Waals surface area contributed by atoms with E-state index >= 15 is 0 Å². The number of hydrogen-bond acceptors (Lipinski definition) is 6. The summed E-state index contributed by atoms with van der Waals surface area (Å²) in [6.45, 7) is 3.20. The van der Waals surface area contributed by atoms with Crippen LogP contribution in [0.3, 0.4) is 0 Å². The Balaban J connectivity index is 2.11. The molecule has 0 aliphatic carbocycles. The number of sulfonamides is 1. The monoisotopic (exact) mass is 350 g/mol. The van der Waals surface area contributed by atoms with Crippen LogP contribution in [0.15, 0.2) is 33.7 Å². The van der Waals surface area contributed by atoms with Crippen molar-refractivity contribution in [2.24, 2.45) is 0 Å². The lowest BCUT2D eigenvalue weighted by molar-refractivity contribution is -0.145. The molecule has 0 bridgehead atoms. The van der Waals surface area contributed by atoms with Crippen molar-refractivity contribution < 1.29 is 22.5 Å². The number of hydrogen-bond donors (Lipinski definition) is 0. The number of aromatic nitrogens is 1. The minimum Gasteiger partial charge on any atom is -0.468 e. The highest BCUT2D eigenvalue weighted by Crippen LogP contribution is 2.32. The number of nitrogens with zero attached hydrogens (tertiary/aromatic N) is 2. The summed E-state index contributed by atoms with van der Waals surface area (Å²) in [7, 11) is -2.70. The van der Waals surface area contributed by atoms with E-state index in [-0.39, 0.29) is 29.3 Å². The summed E-state index contributed by atoms with van der Waals surface area (Å²) < 4.78 is 37.3. The molecule has 0 saturated carbocycles. The Morgan fingerprint density at radius 2 is 1.96 bits per heavy atom. The molecule has 0 unspecified atom stereocenters. The zero-order valence-corrected chi connectivity index (χ0v) is 14.5. The van der Waals surface area contributed by atoms with Crippen LogP contribution in [0, 0.1) is 13.8 Å². The van der Waals surface area contributed by atoms with Crippen LogP contribution in [0.2, 0.25) is 0 Å². The van der Waals surface area contributed by atoms with Crippen LogP contribution in [0.25, 0.3) is 0 Å². The van der Waals surface area contributed by atoms with Gasteiger partial charge in [0.2, 0.25) is 10.0 Å². The zero-order valence-electron chi connectivity index (χ0n) is 13.6. The molecule has 1 aliphatic heterocycles. The highest BCUT2D eigenvalue weighted by molar-refractivity contribution is 7.89. The molecule has 0 N–H and O–H groups in total. The average Bonchev–Trinajstić information content (AvgIpc) is 2.92. The topological polar surface area (TPSA) is 89.7 Å². The van der Waals surface area contributed by atoms with E-state index in [0.29, 0.717) is 0 Å². The van der Waals surface area contributed by atoms with E-state index < -0.39 is 22.0 Å². The fourth-order valence-corrected chi connectivity index (χ4v) is 4.90. The van der Waals surface area contributed by atoms with Crippen LogP contribution in [0.5, 0.6) is 0 Å². The summed E-state index contributed by atoms with van der Waals surface area (Å²) in [4.78, 5) is 12.2. The molecule has 1 atom stereocenters. The Morgan fingerprint density at radius 1 is 1.29 bits per heavy atom. The Labute approximate surface area is 140 Å². The predicted molar refractivity (Wildman–Crippen MR) is 84.7 cm³/mol. The molecular formula is C16H18N2O5S. The summed E-state index contributed by atoms with van der Waals surface area (Å²) in [5, 5.41) is 3.71. The number of ether oxygens (including phenoxy) is 1. The zero-order chi connectivity index (χ0) is 17.5. The molecule has 24 heavy (non-hydrogen) atoms. The van der Waals surface area contributed by atoms with Gasteiger partial charge in [-0.15, -0.1) is 0 Å². The molecular weight excluding hydrogens is 332 g/mol. The maximum atomic E-state index is 13.1. The SMILES string of the molecule is COC(=O)[C@H]1Cc2ccccc2CN1S(=O)(=O)c1c(C)noc1C. The second kappa shape index (κ2) is 6.03. The van der Waals surface area contributed by atoms with Gasteiger partial charge in [-0.3, -0.25) is 4.79 Å². The Kier molecular flexibility index (Phi) is 4.18. The first-order chi connectivity index (χ1) is 11.4. The van der Waals surface area contributed by atoms with E-state index in [4.69, 9.17) is 9.26 Å². The molecule has 1 aromatic heterocycles. The van der Waals surface area contributed by atoms with E-state index in [1.54, 1.807) is 6.92 Å². The second-order valence-electron chi connectivity index (χ2n) is 5.72. The fraction of sp³-hybridized carbons (Fsp3) is 0.375. The van der Waals surface area contributed by atoms with Gasteiger partial charge in [0.25, 0.3) is 0 Å². The third-order valence-electron chi connectivity index (χ3n) is 4.21. The van der Waals surface area contributed by atoms with Crippen LogP contribution in [-0.4, -0.2) is 37.0 Å². The van der Waals surface area contributed by atoms with Crippen LogP contribution in [0.1, 0.15) is 22.6 Å². The van der Waals surface area contributed by atoms with Gasteiger partial charge in [-0.2, -0.15) is 4.31 Å². The second-order valence-corrected chi connectivity index (χ2v) is 7.54. The Hall–Kier alpha value is -2.19. The molecule has 1 aromatic carbocycles. The lowest BCUT2D eigenvalue weighted by Crippen LogP contribution is -2.49. The van der Waals surface area contributed by atoms with Crippen LogP contribution in [-0.2, 0) is 32.5 Å². The highest BCUT2D eigenvalue weighted by Gasteiger charge is 2.42. The minimum absolute atomic E-state index is 0.00999. The number of aryl methyl sites for hydroxylation is 2. The van der Waals surface area contributed by atoms with Gasteiger partial charge in [-0.05, 0) is 25.0 Å². The number of rotatable bonds is 3. The standard InChI is InChI=1S/C16H18N2O5S/c1-10-15(11(2)23-17-10)24(20,21)18-9-13-7-5-4-6-12(13)8-14(18)16(19)22-3/h4-7,14H,8-9H2,1-3H3/t14-/m1/s1. The quantitative estimate of drug-likeness (QED) is 0.781. The molecule has 1 aliphatic rings. The number of benzene rings is 1. The van der Waals surface area contributed by atoms with Crippen LogP contribution >= 0.6 is 0 Å². The minimum atomic E-state index is -3.95. The van der Waals surface area contributed by atoms with Crippen molar-refractivity contribution in [2.45, 2.75) is 37.8 Å². The number of fused-ring (bicyclic) bond motifs is 1. The van der Waals surface area contributed by atoms with E-state index in [9.17, 15) is 13.2 Å². The smallest absolute Gasteiger partial charge is 0.324 e. The first-order valence-electron chi connectivity index (χ1n) is 7.45. The number of carbonyl (C=O) groups is 1. The first-order valence-corrected chi connectivity index (χ1v) is 8.89. The van der Waals surface area contributed by atoms with Gasteiger partial charge < -0.3 is 9.26 Å². The van der Waals surface area contributed by atoms with Gasteiger partial charge in [0.05, 0.1) is 7.11 Å². The average molecular weight is 350 g/mol. The number of esters is 1. The van der Waals surface area contributed by atoms with E-state index in [2.05, 4.69) is 5.16 Å². The van der Waals surface area contributed by atoms with Crippen molar-refractivity contribution in [1.82, 2.24) is 9.46 Å². The van der Waals surface area contributed by atoms with Crippen LogP contribution in [0.4, 0.5) is 0 Å². The molecule has 0 radical (unpaired) electrons. The molecule has 0 spiro atoms. The summed E-state index contributed by atoms with van der Waals surface area (Å²) in [6.07, 6.45) is 0.269.